The summed E-state index contributed by atoms with van der Waals surface area (Å²) in [5, 5.41) is 0.403. The van der Waals surface area contributed by atoms with Crippen molar-refractivity contribution in [1.82, 2.24) is 9.80 Å². The lowest BCUT2D eigenvalue weighted by atomic mass is 10.1. The molecule has 4 rings (SSSR count). The quantitative estimate of drug-likeness (QED) is 0.666. The number of hydrogen-bond donors (Lipinski definition) is 0. The first-order valence-electron chi connectivity index (χ1n) is 10.5. The largest absolute Gasteiger partial charge is 0.417 e. The monoisotopic (exact) mass is 479 g/mol. The van der Waals surface area contributed by atoms with Gasteiger partial charge in [0.05, 0.1) is 22.4 Å². The van der Waals surface area contributed by atoms with E-state index < -0.39 is 23.2 Å². The summed E-state index contributed by atoms with van der Waals surface area (Å²) in [5.74, 6) is -1.11. The van der Waals surface area contributed by atoms with Crippen LogP contribution < -0.4 is 4.90 Å². The van der Waals surface area contributed by atoms with Gasteiger partial charge in [-0.15, -0.1) is 0 Å². The minimum Gasteiger partial charge on any atom is -0.335 e. The van der Waals surface area contributed by atoms with Crippen LogP contribution in [-0.2, 0) is 11.0 Å². The standard InChI is InChI=1S/C23H21ClF3N3O3/c24-15-7-8-17(19(14-15)30-9-3-6-20(30)31)22(33)29-12-10-28(11-13-29)21(32)16-4-1-2-5-18(16)23(25,26)27/h1-2,4-5,7-8,14H,3,6,9-13H2. The van der Waals surface area contributed by atoms with Crippen LogP contribution in [0.4, 0.5) is 18.9 Å². The third-order valence-electron chi connectivity index (χ3n) is 5.87. The lowest BCUT2D eigenvalue weighted by Gasteiger charge is -2.35. The molecule has 2 aromatic rings. The Labute approximate surface area is 193 Å². The van der Waals surface area contributed by atoms with Gasteiger partial charge in [0.25, 0.3) is 11.8 Å². The summed E-state index contributed by atoms with van der Waals surface area (Å²) in [7, 11) is 0. The smallest absolute Gasteiger partial charge is 0.335 e. The Morgan fingerprint density at radius 1 is 0.848 bits per heavy atom. The fourth-order valence-electron chi connectivity index (χ4n) is 4.18. The molecule has 0 aromatic heterocycles. The number of amides is 3. The molecule has 2 fully saturated rings. The molecule has 6 nitrogen and oxygen atoms in total. The predicted molar refractivity (Wildman–Crippen MR) is 116 cm³/mol. The molecule has 174 valence electrons. The van der Waals surface area contributed by atoms with Crippen molar-refractivity contribution in [1.29, 1.82) is 0 Å². The van der Waals surface area contributed by atoms with Gasteiger partial charge in [-0.2, -0.15) is 13.2 Å². The number of anilines is 1. The molecular formula is C23H21ClF3N3O3. The zero-order valence-electron chi connectivity index (χ0n) is 17.6. The molecule has 0 aliphatic carbocycles. The number of nitrogens with zero attached hydrogens (tertiary/aromatic N) is 3. The first-order chi connectivity index (χ1) is 15.7. The van der Waals surface area contributed by atoms with E-state index in [1.54, 1.807) is 23.1 Å². The van der Waals surface area contributed by atoms with Gasteiger partial charge < -0.3 is 14.7 Å². The Kier molecular flexibility index (Phi) is 6.34. The first-order valence-corrected chi connectivity index (χ1v) is 10.9. The Morgan fingerprint density at radius 3 is 2.03 bits per heavy atom. The van der Waals surface area contributed by atoms with E-state index in [-0.39, 0.29) is 38.0 Å². The summed E-state index contributed by atoms with van der Waals surface area (Å²) in [6.45, 7) is 1.02. The third-order valence-corrected chi connectivity index (χ3v) is 6.11. The molecule has 0 unspecified atom stereocenters. The zero-order chi connectivity index (χ0) is 23.8. The van der Waals surface area contributed by atoms with Gasteiger partial charge in [-0.3, -0.25) is 14.4 Å². The highest BCUT2D eigenvalue weighted by Gasteiger charge is 2.37. The van der Waals surface area contributed by atoms with Gasteiger partial charge in [-0.1, -0.05) is 23.7 Å². The molecule has 33 heavy (non-hydrogen) atoms. The average Bonchev–Trinajstić information content (AvgIpc) is 3.23. The third kappa shape index (κ3) is 4.68. The predicted octanol–water partition coefficient (Wildman–Crippen LogP) is 4.08. The summed E-state index contributed by atoms with van der Waals surface area (Å²) < 4.78 is 39.9. The zero-order valence-corrected chi connectivity index (χ0v) is 18.3. The van der Waals surface area contributed by atoms with Crippen molar-refractivity contribution in [2.75, 3.05) is 37.6 Å². The van der Waals surface area contributed by atoms with Crippen LogP contribution in [0.2, 0.25) is 5.02 Å². The van der Waals surface area contributed by atoms with Crippen LogP contribution in [0.3, 0.4) is 0 Å². The molecule has 0 spiro atoms. The fraction of sp³-hybridized carbons (Fsp3) is 0.348. The molecule has 2 aromatic carbocycles. The second kappa shape index (κ2) is 9.05. The van der Waals surface area contributed by atoms with Gasteiger partial charge in [0.1, 0.15) is 0 Å². The Balaban J connectivity index is 1.49. The van der Waals surface area contributed by atoms with Gasteiger partial charge in [-0.25, -0.2) is 0 Å². The Hall–Kier alpha value is -3.07. The topological polar surface area (TPSA) is 60.9 Å². The Bertz CT molecular complexity index is 1100. The molecule has 0 atom stereocenters. The molecule has 3 amide bonds. The molecule has 10 heteroatoms. The minimum absolute atomic E-state index is 0.0786. The minimum atomic E-state index is -4.64. The summed E-state index contributed by atoms with van der Waals surface area (Å²) in [6.07, 6.45) is -3.54. The van der Waals surface area contributed by atoms with Crippen LogP contribution in [0.15, 0.2) is 42.5 Å². The van der Waals surface area contributed by atoms with E-state index in [9.17, 15) is 27.6 Å². The van der Waals surface area contributed by atoms with E-state index in [1.807, 2.05) is 0 Å². The second-order valence-corrected chi connectivity index (χ2v) is 8.37. The number of alkyl halides is 3. The molecule has 0 saturated carbocycles. The van der Waals surface area contributed by atoms with Gasteiger partial charge in [0.15, 0.2) is 0 Å². The number of hydrogen-bond acceptors (Lipinski definition) is 3. The van der Waals surface area contributed by atoms with E-state index in [4.69, 9.17) is 11.6 Å². The molecular weight excluding hydrogens is 459 g/mol. The number of benzene rings is 2. The Morgan fingerprint density at radius 2 is 1.45 bits per heavy atom. The number of rotatable bonds is 3. The van der Waals surface area contributed by atoms with Crippen molar-refractivity contribution in [3.05, 3.63) is 64.2 Å². The molecule has 2 aliphatic rings. The van der Waals surface area contributed by atoms with E-state index in [1.165, 1.54) is 21.9 Å². The van der Waals surface area contributed by atoms with Crippen LogP contribution >= 0.6 is 11.6 Å². The molecule has 2 heterocycles. The van der Waals surface area contributed by atoms with E-state index in [2.05, 4.69) is 0 Å². The molecule has 0 N–H and O–H groups in total. The van der Waals surface area contributed by atoms with Crippen molar-refractivity contribution >= 4 is 35.0 Å². The van der Waals surface area contributed by atoms with Crippen molar-refractivity contribution in [2.24, 2.45) is 0 Å². The summed E-state index contributed by atoms with van der Waals surface area (Å²) >= 11 is 6.10. The lowest BCUT2D eigenvalue weighted by molar-refractivity contribution is -0.138. The van der Waals surface area contributed by atoms with Crippen LogP contribution in [0.5, 0.6) is 0 Å². The molecule has 0 bridgehead atoms. The van der Waals surface area contributed by atoms with E-state index in [0.29, 0.717) is 35.7 Å². The maximum atomic E-state index is 13.3. The van der Waals surface area contributed by atoms with Gasteiger partial charge in [0.2, 0.25) is 5.91 Å². The number of halogens is 4. The highest BCUT2D eigenvalue weighted by molar-refractivity contribution is 6.31. The van der Waals surface area contributed by atoms with Gasteiger partial charge in [-0.05, 0) is 36.8 Å². The SMILES string of the molecule is O=C(c1ccc(Cl)cc1N1CCCC1=O)N1CCN(C(=O)c2ccccc2C(F)(F)F)CC1. The van der Waals surface area contributed by atoms with E-state index >= 15 is 0 Å². The van der Waals surface area contributed by atoms with Crippen molar-refractivity contribution in [2.45, 2.75) is 19.0 Å². The fourth-order valence-corrected chi connectivity index (χ4v) is 4.35. The average molecular weight is 480 g/mol. The molecule has 2 saturated heterocycles. The molecule has 2 aliphatic heterocycles. The van der Waals surface area contributed by atoms with Crippen LogP contribution in [0.25, 0.3) is 0 Å². The van der Waals surface area contributed by atoms with Crippen LogP contribution in [0.1, 0.15) is 39.1 Å². The maximum Gasteiger partial charge on any atom is 0.417 e. The highest BCUT2D eigenvalue weighted by Crippen LogP contribution is 2.33. The summed E-state index contributed by atoms with van der Waals surface area (Å²) in [6, 6.07) is 9.42. The summed E-state index contributed by atoms with van der Waals surface area (Å²) in [4.78, 5) is 42.6. The van der Waals surface area contributed by atoms with Gasteiger partial charge in [0, 0.05) is 44.2 Å². The van der Waals surface area contributed by atoms with Crippen molar-refractivity contribution in [3.8, 4) is 0 Å². The highest BCUT2D eigenvalue weighted by atomic mass is 35.5. The maximum absolute atomic E-state index is 13.3. The van der Waals surface area contributed by atoms with Crippen molar-refractivity contribution in [3.63, 3.8) is 0 Å². The number of carbonyl (C=O) groups excluding carboxylic acids is 3. The molecule has 0 radical (unpaired) electrons. The van der Waals surface area contributed by atoms with Crippen molar-refractivity contribution < 1.29 is 27.6 Å². The number of piperazine rings is 1. The normalized spacial score (nSPS) is 17.0. The lowest BCUT2D eigenvalue weighted by Crippen LogP contribution is -2.51. The first kappa shape index (κ1) is 23.1. The van der Waals surface area contributed by atoms with Crippen LogP contribution in [-0.4, -0.2) is 60.2 Å². The summed E-state index contributed by atoms with van der Waals surface area (Å²) in [5.41, 5.74) is -0.601. The van der Waals surface area contributed by atoms with E-state index in [0.717, 1.165) is 12.1 Å². The second-order valence-electron chi connectivity index (χ2n) is 7.94. The van der Waals surface area contributed by atoms with Gasteiger partial charge >= 0.3 is 6.18 Å². The number of carbonyl (C=O) groups is 3. The van der Waals surface area contributed by atoms with Crippen LogP contribution in [0, 0.1) is 0 Å².